The van der Waals surface area contributed by atoms with Gasteiger partial charge < -0.3 is 9.82 Å². The number of amides is 2. The molecule has 2 aromatic heterocycles. The van der Waals surface area contributed by atoms with Gasteiger partial charge in [0, 0.05) is 17.8 Å². The molecule has 0 fully saturated rings. The van der Waals surface area contributed by atoms with E-state index < -0.39 is 17.8 Å². The summed E-state index contributed by atoms with van der Waals surface area (Å²) in [5.74, 6) is -2.12. The van der Waals surface area contributed by atoms with E-state index in [0.717, 1.165) is 0 Å². The van der Waals surface area contributed by atoms with Crippen molar-refractivity contribution in [3.63, 3.8) is 0 Å². The highest BCUT2D eigenvalue weighted by Crippen LogP contribution is 2.24. The van der Waals surface area contributed by atoms with Crippen LogP contribution in [0.4, 0.5) is 0 Å². The van der Waals surface area contributed by atoms with Crippen LogP contribution in [-0.4, -0.2) is 32.8 Å². The third kappa shape index (κ3) is 1.90. The van der Waals surface area contributed by atoms with Crippen LogP contribution in [0.15, 0.2) is 48.8 Å². The number of hydrogen-bond acceptors (Lipinski definition) is 5. The first kappa shape index (κ1) is 13.2. The molecule has 3 heterocycles. The summed E-state index contributed by atoms with van der Waals surface area (Å²) in [5.41, 5.74) is 1.14. The number of imide groups is 1. The van der Waals surface area contributed by atoms with E-state index in [1.807, 2.05) is 0 Å². The number of hydroxylamine groups is 2. The minimum absolute atomic E-state index is 0.199. The third-order valence-corrected chi connectivity index (χ3v) is 3.60. The topological polar surface area (TPSA) is 92.4 Å². The third-order valence-electron chi connectivity index (χ3n) is 3.60. The molecule has 1 aliphatic heterocycles. The monoisotopic (exact) mass is 307 g/mol. The Hall–Kier alpha value is -3.48. The predicted molar refractivity (Wildman–Crippen MR) is 78.5 cm³/mol. The van der Waals surface area contributed by atoms with Crippen molar-refractivity contribution in [2.24, 2.45) is 0 Å². The lowest BCUT2D eigenvalue weighted by molar-refractivity contribution is -0.0583. The second-order valence-corrected chi connectivity index (χ2v) is 4.93. The molecule has 3 aromatic rings. The van der Waals surface area contributed by atoms with Crippen LogP contribution < -0.4 is 0 Å². The lowest BCUT2D eigenvalue weighted by Gasteiger charge is -2.12. The van der Waals surface area contributed by atoms with Gasteiger partial charge in [-0.05, 0) is 24.3 Å². The maximum Gasteiger partial charge on any atom is 0.366 e. The van der Waals surface area contributed by atoms with Crippen LogP contribution in [0.25, 0.3) is 11.0 Å². The second kappa shape index (κ2) is 4.77. The second-order valence-electron chi connectivity index (χ2n) is 4.93. The van der Waals surface area contributed by atoms with E-state index in [0.29, 0.717) is 16.1 Å². The molecule has 4 rings (SSSR count). The SMILES string of the molecule is O=C(ON1C(=O)c2ccccc2C1=O)c1c[nH]c2ncccc12. The van der Waals surface area contributed by atoms with Crippen LogP contribution in [0.3, 0.4) is 0 Å². The number of carbonyl (C=O) groups excluding carboxylic acids is 3. The van der Waals surface area contributed by atoms with Gasteiger partial charge in [0.05, 0.1) is 16.7 Å². The van der Waals surface area contributed by atoms with Gasteiger partial charge in [0.25, 0.3) is 11.8 Å². The summed E-state index contributed by atoms with van der Waals surface area (Å²) < 4.78 is 0. The van der Waals surface area contributed by atoms with Crippen LogP contribution in [-0.2, 0) is 4.84 Å². The summed E-state index contributed by atoms with van der Waals surface area (Å²) in [6.45, 7) is 0. The summed E-state index contributed by atoms with van der Waals surface area (Å²) in [7, 11) is 0. The molecule has 0 spiro atoms. The lowest BCUT2D eigenvalue weighted by atomic mass is 10.1. The summed E-state index contributed by atoms with van der Waals surface area (Å²) in [6, 6.07) is 9.67. The Bertz CT molecular complexity index is 941. The lowest BCUT2D eigenvalue weighted by Crippen LogP contribution is -2.32. The Kier molecular flexibility index (Phi) is 2.74. The van der Waals surface area contributed by atoms with Gasteiger partial charge in [-0.1, -0.05) is 17.2 Å². The van der Waals surface area contributed by atoms with Crippen molar-refractivity contribution in [2.75, 3.05) is 0 Å². The van der Waals surface area contributed by atoms with Crippen molar-refractivity contribution in [2.45, 2.75) is 0 Å². The van der Waals surface area contributed by atoms with E-state index in [4.69, 9.17) is 4.84 Å². The first-order chi connectivity index (χ1) is 11.2. The first-order valence-electron chi connectivity index (χ1n) is 6.79. The summed E-state index contributed by atoms with van der Waals surface area (Å²) in [6.07, 6.45) is 3.01. The summed E-state index contributed by atoms with van der Waals surface area (Å²) in [4.78, 5) is 48.6. The number of nitrogens with one attached hydrogen (secondary N) is 1. The molecule has 7 nitrogen and oxygen atoms in total. The average Bonchev–Trinajstić information content (AvgIpc) is 3.11. The quantitative estimate of drug-likeness (QED) is 0.730. The highest BCUT2D eigenvalue weighted by Gasteiger charge is 2.39. The zero-order valence-electron chi connectivity index (χ0n) is 11.6. The Balaban J connectivity index is 1.65. The number of fused-ring (bicyclic) bond motifs is 2. The van der Waals surface area contributed by atoms with Crippen molar-refractivity contribution in [3.05, 3.63) is 65.5 Å². The van der Waals surface area contributed by atoms with Crippen LogP contribution >= 0.6 is 0 Å². The molecule has 112 valence electrons. The van der Waals surface area contributed by atoms with Crippen molar-refractivity contribution < 1.29 is 19.2 Å². The Morgan fingerprint density at radius 1 is 1.04 bits per heavy atom. The molecule has 23 heavy (non-hydrogen) atoms. The number of benzene rings is 1. The van der Waals surface area contributed by atoms with E-state index in [9.17, 15) is 14.4 Å². The van der Waals surface area contributed by atoms with Gasteiger partial charge in [-0.3, -0.25) is 9.59 Å². The molecule has 1 aromatic carbocycles. The molecular formula is C16H9N3O4. The zero-order chi connectivity index (χ0) is 16.0. The molecule has 1 aliphatic rings. The molecule has 1 N–H and O–H groups in total. The number of hydrogen-bond donors (Lipinski definition) is 1. The fraction of sp³-hybridized carbons (Fsp3) is 0. The predicted octanol–water partition coefficient (Wildman–Crippen LogP) is 1.93. The Morgan fingerprint density at radius 2 is 1.74 bits per heavy atom. The van der Waals surface area contributed by atoms with E-state index in [-0.39, 0.29) is 16.7 Å². The van der Waals surface area contributed by atoms with Gasteiger partial charge in [0.2, 0.25) is 0 Å². The largest absolute Gasteiger partial charge is 0.366 e. The van der Waals surface area contributed by atoms with Gasteiger partial charge in [-0.15, -0.1) is 0 Å². The number of pyridine rings is 1. The van der Waals surface area contributed by atoms with Crippen LogP contribution in [0.5, 0.6) is 0 Å². The number of aromatic nitrogens is 2. The van der Waals surface area contributed by atoms with E-state index in [2.05, 4.69) is 9.97 Å². The van der Waals surface area contributed by atoms with Crippen molar-refractivity contribution >= 4 is 28.8 Å². The molecule has 0 atom stereocenters. The van der Waals surface area contributed by atoms with E-state index in [1.165, 1.54) is 18.3 Å². The maximum absolute atomic E-state index is 12.3. The minimum Gasteiger partial charge on any atom is -0.345 e. The number of nitrogens with zero attached hydrogens (tertiary/aromatic N) is 2. The highest BCUT2D eigenvalue weighted by molar-refractivity contribution is 6.21. The maximum atomic E-state index is 12.3. The van der Waals surface area contributed by atoms with E-state index >= 15 is 0 Å². The van der Waals surface area contributed by atoms with Crippen molar-refractivity contribution in [1.82, 2.24) is 15.0 Å². The zero-order valence-corrected chi connectivity index (χ0v) is 11.6. The number of aromatic amines is 1. The van der Waals surface area contributed by atoms with Gasteiger partial charge in [0.1, 0.15) is 5.65 Å². The standard InChI is InChI=1S/C16H9N3O4/c20-14-10-4-1-2-5-11(10)15(21)19(14)23-16(22)12-8-18-13-9(12)6-3-7-17-13/h1-8H,(H,17,18). The summed E-state index contributed by atoms with van der Waals surface area (Å²) >= 11 is 0. The number of carbonyl (C=O) groups is 3. The number of H-pyrrole nitrogens is 1. The van der Waals surface area contributed by atoms with Crippen molar-refractivity contribution in [3.8, 4) is 0 Å². The van der Waals surface area contributed by atoms with Gasteiger partial charge in [-0.2, -0.15) is 0 Å². The van der Waals surface area contributed by atoms with Crippen LogP contribution in [0, 0.1) is 0 Å². The summed E-state index contributed by atoms with van der Waals surface area (Å²) in [5, 5.41) is 1.04. The van der Waals surface area contributed by atoms with Gasteiger partial charge in [0.15, 0.2) is 0 Å². The fourth-order valence-corrected chi connectivity index (χ4v) is 2.51. The molecule has 7 heteroatoms. The molecule has 0 bridgehead atoms. The van der Waals surface area contributed by atoms with Crippen LogP contribution in [0.2, 0.25) is 0 Å². The number of rotatable bonds is 2. The Morgan fingerprint density at radius 3 is 2.43 bits per heavy atom. The smallest absolute Gasteiger partial charge is 0.345 e. The van der Waals surface area contributed by atoms with E-state index in [1.54, 1.807) is 30.5 Å². The highest BCUT2D eigenvalue weighted by atomic mass is 16.7. The van der Waals surface area contributed by atoms with Gasteiger partial charge in [-0.25, -0.2) is 9.78 Å². The minimum atomic E-state index is -0.807. The molecule has 0 unspecified atom stereocenters. The van der Waals surface area contributed by atoms with Crippen molar-refractivity contribution in [1.29, 1.82) is 0 Å². The normalized spacial score (nSPS) is 13.5. The Labute approximate surface area is 129 Å². The molecule has 2 amide bonds. The molecule has 0 saturated carbocycles. The fourth-order valence-electron chi connectivity index (χ4n) is 2.51. The molecule has 0 saturated heterocycles. The molecular weight excluding hydrogens is 298 g/mol. The first-order valence-corrected chi connectivity index (χ1v) is 6.79. The van der Waals surface area contributed by atoms with Crippen LogP contribution in [0.1, 0.15) is 31.1 Å². The molecule has 0 aliphatic carbocycles. The van der Waals surface area contributed by atoms with Gasteiger partial charge >= 0.3 is 5.97 Å². The average molecular weight is 307 g/mol. The molecule has 0 radical (unpaired) electrons.